The summed E-state index contributed by atoms with van der Waals surface area (Å²) in [5, 5.41) is 0. The molecule has 1 nitrogen and oxygen atoms in total. The van der Waals surface area contributed by atoms with Gasteiger partial charge in [-0.3, -0.25) is 0 Å². The highest BCUT2D eigenvalue weighted by Gasteiger charge is 2.68. The van der Waals surface area contributed by atoms with Gasteiger partial charge in [0.15, 0.2) is 0 Å². The lowest BCUT2D eigenvalue weighted by Gasteiger charge is -2.73. The molecule has 14 unspecified atom stereocenters. The maximum absolute atomic E-state index is 6.12. The fraction of sp³-hybridized carbons (Fsp3) is 1.00. The molecule has 44 heavy (non-hydrogen) atoms. The van der Waals surface area contributed by atoms with Crippen LogP contribution in [0.25, 0.3) is 0 Å². The van der Waals surface area contributed by atoms with Gasteiger partial charge in [0.1, 0.15) is 0 Å². The van der Waals surface area contributed by atoms with Crippen LogP contribution in [0.4, 0.5) is 0 Å². The van der Waals surface area contributed by atoms with E-state index in [1.807, 2.05) is 0 Å². The topological polar surface area (TPSA) is 9.23 Å². The van der Waals surface area contributed by atoms with Crippen molar-refractivity contribution >= 4 is 0 Å². The van der Waals surface area contributed by atoms with Gasteiger partial charge in [-0.25, -0.2) is 0 Å². The van der Waals surface area contributed by atoms with Crippen molar-refractivity contribution in [2.24, 2.45) is 99.1 Å². The van der Waals surface area contributed by atoms with Crippen LogP contribution in [0.2, 0.25) is 0 Å². The van der Waals surface area contributed by atoms with Crippen LogP contribution in [0, 0.1) is 99.1 Å². The SMILES string of the molecule is CC(C)COC(C)CCC1CCC(C2CCC(C)C3C(C)C4C(C)C5(C)C(C)C(C(C)C)C(C)CC5(C)CC4(C)CC23)CC1. The van der Waals surface area contributed by atoms with E-state index in [0.717, 1.165) is 83.5 Å². The van der Waals surface area contributed by atoms with E-state index in [4.69, 9.17) is 4.74 Å². The van der Waals surface area contributed by atoms with Crippen LogP contribution in [-0.4, -0.2) is 12.7 Å². The molecule has 0 spiro atoms. The maximum Gasteiger partial charge on any atom is 0.0547 e. The van der Waals surface area contributed by atoms with Gasteiger partial charge in [0.2, 0.25) is 0 Å². The molecular formula is C43H78O. The zero-order valence-corrected chi connectivity index (χ0v) is 32.1. The number of ether oxygens (including phenoxy) is 1. The highest BCUT2D eigenvalue weighted by Crippen LogP contribution is 2.75. The van der Waals surface area contributed by atoms with Gasteiger partial charge in [-0.05, 0) is 157 Å². The van der Waals surface area contributed by atoms with E-state index in [9.17, 15) is 0 Å². The Morgan fingerprint density at radius 2 is 1.39 bits per heavy atom. The summed E-state index contributed by atoms with van der Waals surface area (Å²) in [6.45, 7) is 34.7. The average molecular weight is 611 g/mol. The minimum absolute atomic E-state index is 0.432. The maximum atomic E-state index is 6.12. The van der Waals surface area contributed by atoms with Crippen LogP contribution in [0.5, 0.6) is 0 Å². The summed E-state index contributed by atoms with van der Waals surface area (Å²) >= 11 is 0. The quantitative estimate of drug-likeness (QED) is 0.266. The van der Waals surface area contributed by atoms with Gasteiger partial charge in [0, 0.05) is 6.61 Å². The normalized spacial score (nSPS) is 51.9. The predicted molar refractivity (Wildman–Crippen MR) is 190 cm³/mol. The Hall–Kier alpha value is -0.0400. The van der Waals surface area contributed by atoms with Crippen LogP contribution in [0.1, 0.15) is 161 Å². The smallest absolute Gasteiger partial charge is 0.0547 e. The summed E-state index contributed by atoms with van der Waals surface area (Å²) in [4.78, 5) is 0. The first-order chi connectivity index (χ1) is 20.5. The van der Waals surface area contributed by atoms with Crippen molar-refractivity contribution in [3.63, 3.8) is 0 Å². The van der Waals surface area contributed by atoms with E-state index in [0.29, 0.717) is 28.3 Å². The highest BCUT2D eigenvalue weighted by molar-refractivity contribution is 5.17. The molecule has 5 saturated carbocycles. The molecule has 0 heterocycles. The van der Waals surface area contributed by atoms with Crippen LogP contribution in [0.15, 0.2) is 0 Å². The summed E-state index contributed by atoms with van der Waals surface area (Å²) in [7, 11) is 0. The monoisotopic (exact) mass is 611 g/mol. The molecule has 0 aromatic carbocycles. The molecule has 256 valence electrons. The molecule has 0 radical (unpaired) electrons. The van der Waals surface area contributed by atoms with Gasteiger partial charge in [-0.15, -0.1) is 0 Å². The summed E-state index contributed by atoms with van der Waals surface area (Å²) in [6, 6.07) is 0. The fourth-order valence-electron chi connectivity index (χ4n) is 15.2. The Labute approximate surface area is 276 Å². The van der Waals surface area contributed by atoms with Crippen molar-refractivity contribution < 1.29 is 4.74 Å². The third kappa shape index (κ3) is 6.04. The molecule has 5 rings (SSSR count). The molecule has 14 atom stereocenters. The van der Waals surface area contributed by atoms with Gasteiger partial charge < -0.3 is 4.74 Å². The van der Waals surface area contributed by atoms with Crippen molar-refractivity contribution in [3.8, 4) is 0 Å². The zero-order chi connectivity index (χ0) is 32.4. The average Bonchev–Trinajstić information content (AvgIpc) is 2.92. The van der Waals surface area contributed by atoms with E-state index in [2.05, 4.69) is 90.0 Å². The van der Waals surface area contributed by atoms with E-state index < -0.39 is 0 Å². The van der Waals surface area contributed by atoms with Crippen LogP contribution in [0.3, 0.4) is 0 Å². The van der Waals surface area contributed by atoms with Gasteiger partial charge in [0.25, 0.3) is 0 Å². The first-order valence-electron chi connectivity index (χ1n) is 20.2. The minimum Gasteiger partial charge on any atom is -0.378 e. The van der Waals surface area contributed by atoms with E-state index in [1.165, 1.54) is 64.2 Å². The summed E-state index contributed by atoms with van der Waals surface area (Å²) in [5.41, 5.74) is 1.43. The summed E-state index contributed by atoms with van der Waals surface area (Å²) in [6.07, 6.45) is 16.6. The third-order valence-electron chi connectivity index (χ3n) is 16.8. The summed E-state index contributed by atoms with van der Waals surface area (Å²) < 4.78 is 6.12. The number of hydrogen-bond donors (Lipinski definition) is 0. The molecular weight excluding hydrogens is 532 g/mol. The third-order valence-corrected chi connectivity index (χ3v) is 16.8. The van der Waals surface area contributed by atoms with E-state index in [1.54, 1.807) is 6.42 Å². The van der Waals surface area contributed by atoms with E-state index in [-0.39, 0.29) is 0 Å². The summed E-state index contributed by atoms with van der Waals surface area (Å²) in [5.74, 6) is 12.4. The molecule has 0 aromatic rings. The number of rotatable bonds is 8. The minimum atomic E-state index is 0.432. The molecule has 0 N–H and O–H groups in total. The highest BCUT2D eigenvalue weighted by atomic mass is 16.5. The van der Waals surface area contributed by atoms with Crippen molar-refractivity contribution in [3.05, 3.63) is 0 Å². The second-order valence-corrected chi connectivity index (χ2v) is 20.2. The van der Waals surface area contributed by atoms with Gasteiger partial charge in [-0.1, -0.05) is 102 Å². The van der Waals surface area contributed by atoms with Gasteiger partial charge in [-0.2, -0.15) is 0 Å². The molecule has 0 amide bonds. The van der Waals surface area contributed by atoms with E-state index >= 15 is 0 Å². The largest absolute Gasteiger partial charge is 0.378 e. The molecule has 0 aromatic heterocycles. The second kappa shape index (κ2) is 13.1. The zero-order valence-electron chi connectivity index (χ0n) is 32.1. The Morgan fingerprint density at radius 3 is 2.00 bits per heavy atom. The fourth-order valence-corrected chi connectivity index (χ4v) is 15.2. The Balaban J connectivity index is 1.31. The lowest BCUT2D eigenvalue weighted by atomic mass is 9.31. The second-order valence-electron chi connectivity index (χ2n) is 20.2. The number of hydrogen-bond acceptors (Lipinski definition) is 1. The molecule has 0 bridgehead atoms. The van der Waals surface area contributed by atoms with Gasteiger partial charge >= 0.3 is 0 Å². The number of fused-ring (bicyclic) bond motifs is 3. The van der Waals surface area contributed by atoms with Crippen LogP contribution < -0.4 is 0 Å². The van der Waals surface area contributed by atoms with Crippen molar-refractivity contribution in [1.29, 1.82) is 0 Å². The van der Waals surface area contributed by atoms with Crippen LogP contribution in [-0.2, 0) is 4.74 Å². The molecule has 0 aliphatic heterocycles. The van der Waals surface area contributed by atoms with Crippen molar-refractivity contribution in [2.75, 3.05) is 6.61 Å². The Kier molecular flexibility index (Phi) is 10.5. The van der Waals surface area contributed by atoms with Crippen molar-refractivity contribution in [2.45, 2.75) is 167 Å². The molecule has 5 aliphatic carbocycles. The molecule has 1 heteroatoms. The first kappa shape index (κ1) is 35.3. The van der Waals surface area contributed by atoms with Gasteiger partial charge in [0.05, 0.1) is 6.10 Å². The lowest BCUT2D eigenvalue weighted by molar-refractivity contribution is -0.249. The Morgan fingerprint density at radius 1 is 0.727 bits per heavy atom. The standard InChI is InChI=1S/C43H78O/c1-26(2)24-44-30(7)15-16-34-17-19-35(20-18-34)36-21-14-28(5)39-31(8)40-33(10)43(13)32(9)38(27(3)4)29(6)22-42(43,12)25-41(40,11)23-37(36)39/h26-40H,14-25H2,1-13H3. The molecule has 5 fully saturated rings. The molecule has 0 saturated heterocycles. The van der Waals surface area contributed by atoms with Crippen LogP contribution >= 0.6 is 0 Å². The lowest BCUT2D eigenvalue weighted by Crippen LogP contribution is -2.67. The van der Waals surface area contributed by atoms with Crippen molar-refractivity contribution in [1.82, 2.24) is 0 Å². The predicted octanol–water partition coefficient (Wildman–Crippen LogP) is 12.6. The molecule has 5 aliphatic rings. The Bertz CT molecular complexity index is 945. The first-order valence-corrected chi connectivity index (χ1v) is 20.2.